The average molecular weight is 195 g/mol. The molecule has 0 aromatic carbocycles. The number of rotatable bonds is 7. The zero-order valence-electron chi connectivity index (χ0n) is 8.26. The van der Waals surface area contributed by atoms with E-state index >= 15 is 0 Å². The Morgan fingerprint density at radius 1 is 1.31 bits per heavy atom. The second-order valence-corrected chi connectivity index (χ2v) is 3.45. The summed E-state index contributed by atoms with van der Waals surface area (Å²) in [6.45, 7) is 4.82. The minimum absolute atomic E-state index is 0.0221. The minimum Gasteiger partial charge on any atom is -0.386 e. The van der Waals surface area contributed by atoms with E-state index in [0.29, 0.717) is 12.5 Å². The van der Waals surface area contributed by atoms with Crippen LogP contribution < -0.4 is 5.32 Å². The molecule has 0 aromatic rings. The molecule has 0 saturated heterocycles. The number of alkyl halides is 2. The lowest BCUT2D eigenvalue weighted by atomic mass is 10.1. The molecule has 0 rings (SSSR count). The van der Waals surface area contributed by atoms with Gasteiger partial charge in [0.25, 0.3) is 6.43 Å². The summed E-state index contributed by atoms with van der Waals surface area (Å²) in [5.74, 6) is 0.481. The third-order valence-corrected chi connectivity index (χ3v) is 1.92. The van der Waals surface area contributed by atoms with E-state index in [9.17, 15) is 8.78 Å². The predicted molar refractivity (Wildman–Crippen MR) is 49.0 cm³/mol. The number of hydrogen-bond donors (Lipinski definition) is 2. The Kier molecular flexibility index (Phi) is 7.09. The van der Waals surface area contributed by atoms with E-state index in [1.165, 1.54) is 0 Å². The number of hydrogen-bond acceptors (Lipinski definition) is 2. The van der Waals surface area contributed by atoms with Crippen molar-refractivity contribution < 1.29 is 13.9 Å². The van der Waals surface area contributed by atoms with E-state index in [2.05, 4.69) is 19.2 Å². The molecule has 0 spiro atoms. The molecule has 0 aliphatic heterocycles. The SMILES string of the molecule is CCCC(C)CNCC(O)C(F)F. The van der Waals surface area contributed by atoms with Crippen LogP contribution in [0.4, 0.5) is 8.78 Å². The van der Waals surface area contributed by atoms with E-state index in [0.717, 1.165) is 12.8 Å². The average Bonchev–Trinajstić information content (AvgIpc) is 2.04. The molecule has 2 unspecified atom stereocenters. The number of aliphatic hydroxyl groups is 1. The normalized spacial score (nSPS) is 16.2. The summed E-state index contributed by atoms with van der Waals surface area (Å²) in [5, 5.41) is 11.6. The summed E-state index contributed by atoms with van der Waals surface area (Å²) in [4.78, 5) is 0. The molecule has 0 radical (unpaired) electrons. The monoisotopic (exact) mass is 195 g/mol. The summed E-state index contributed by atoms with van der Waals surface area (Å²) in [5.41, 5.74) is 0. The van der Waals surface area contributed by atoms with Crippen molar-refractivity contribution in [1.29, 1.82) is 0 Å². The highest BCUT2D eigenvalue weighted by Crippen LogP contribution is 2.03. The smallest absolute Gasteiger partial charge is 0.265 e. The Hall–Kier alpha value is -0.220. The van der Waals surface area contributed by atoms with E-state index in [-0.39, 0.29) is 6.54 Å². The van der Waals surface area contributed by atoms with Crippen LogP contribution in [0.15, 0.2) is 0 Å². The molecule has 2 nitrogen and oxygen atoms in total. The summed E-state index contributed by atoms with van der Waals surface area (Å²) >= 11 is 0. The van der Waals surface area contributed by atoms with E-state index in [1.807, 2.05) is 0 Å². The highest BCUT2D eigenvalue weighted by Gasteiger charge is 2.15. The van der Waals surface area contributed by atoms with E-state index < -0.39 is 12.5 Å². The molecule has 0 fully saturated rings. The Bertz CT molecular complexity index is 122. The second-order valence-electron chi connectivity index (χ2n) is 3.45. The van der Waals surface area contributed by atoms with Crippen molar-refractivity contribution in [2.24, 2.45) is 5.92 Å². The van der Waals surface area contributed by atoms with Gasteiger partial charge >= 0.3 is 0 Å². The van der Waals surface area contributed by atoms with Crippen LogP contribution >= 0.6 is 0 Å². The fourth-order valence-electron chi connectivity index (χ4n) is 1.16. The van der Waals surface area contributed by atoms with Crippen LogP contribution in [-0.2, 0) is 0 Å². The van der Waals surface area contributed by atoms with E-state index in [4.69, 9.17) is 5.11 Å². The molecular weight excluding hydrogens is 176 g/mol. The lowest BCUT2D eigenvalue weighted by Gasteiger charge is -2.14. The molecule has 0 saturated carbocycles. The van der Waals surface area contributed by atoms with Crippen molar-refractivity contribution in [3.05, 3.63) is 0 Å². The maximum atomic E-state index is 11.8. The first kappa shape index (κ1) is 12.8. The molecule has 0 heterocycles. The van der Waals surface area contributed by atoms with Gasteiger partial charge in [-0.25, -0.2) is 8.78 Å². The lowest BCUT2D eigenvalue weighted by molar-refractivity contribution is -0.00356. The quantitative estimate of drug-likeness (QED) is 0.647. The Morgan fingerprint density at radius 2 is 1.92 bits per heavy atom. The first-order valence-electron chi connectivity index (χ1n) is 4.74. The van der Waals surface area contributed by atoms with Crippen LogP contribution in [0.3, 0.4) is 0 Å². The fraction of sp³-hybridized carbons (Fsp3) is 1.00. The topological polar surface area (TPSA) is 32.3 Å². The van der Waals surface area contributed by atoms with Gasteiger partial charge < -0.3 is 10.4 Å². The Morgan fingerprint density at radius 3 is 2.38 bits per heavy atom. The van der Waals surface area contributed by atoms with Crippen molar-refractivity contribution in [2.45, 2.75) is 39.2 Å². The number of halogens is 2. The minimum atomic E-state index is -2.64. The van der Waals surface area contributed by atoms with Crippen LogP contribution in [-0.4, -0.2) is 30.7 Å². The van der Waals surface area contributed by atoms with Crippen LogP contribution in [0.5, 0.6) is 0 Å². The highest BCUT2D eigenvalue weighted by atomic mass is 19.3. The highest BCUT2D eigenvalue weighted by molar-refractivity contribution is 4.63. The zero-order chi connectivity index (χ0) is 10.3. The summed E-state index contributed by atoms with van der Waals surface area (Å²) in [7, 11) is 0. The summed E-state index contributed by atoms with van der Waals surface area (Å²) < 4.78 is 23.6. The standard InChI is InChI=1S/C9H19F2NO/c1-3-4-7(2)5-12-6-8(13)9(10)11/h7-9,12-13H,3-6H2,1-2H3. The molecule has 13 heavy (non-hydrogen) atoms. The Balaban J connectivity index is 3.33. The van der Waals surface area contributed by atoms with Gasteiger partial charge in [-0.3, -0.25) is 0 Å². The zero-order valence-corrected chi connectivity index (χ0v) is 8.26. The van der Waals surface area contributed by atoms with Crippen LogP contribution in [0.1, 0.15) is 26.7 Å². The first-order chi connectivity index (χ1) is 6.07. The molecule has 0 bridgehead atoms. The van der Waals surface area contributed by atoms with Gasteiger partial charge in [-0.1, -0.05) is 20.3 Å². The Labute approximate surface area is 78.3 Å². The van der Waals surface area contributed by atoms with E-state index in [1.54, 1.807) is 0 Å². The van der Waals surface area contributed by atoms with Crippen molar-refractivity contribution in [2.75, 3.05) is 13.1 Å². The predicted octanol–water partition coefficient (Wildman–Crippen LogP) is 1.64. The van der Waals surface area contributed by atoms with Crippen molar-refractivity contribution >= 4 is 0 Å². The molecule has 2 atom stereocenters. The molecule has 0 amide bonds. The summed E-state index contributed by atoms with van der Waals surface area (Å²) in [6.07, 6.45) is -2.00. The maximum Gasteiger partial charge on any atom is 0.265 e. The van der Waals surface area contributed by atoms with Crippen LogP contribution in [0.25, 0.3) is 0 Å². The van der Waals surface area contributed by atoms with Crippen molar-refractivity contribution in [3.63, 3.8) is 0 Å². The van der Waals surface area contributed by atoms with Gasteiger partial charge in [0.05, 0.1) is 0 Å². The molecule has 2 N–H and O–H groups in total. The number of aliphatic hydroxyl groups excluding tert-OH is 1. The van der Waals surface area contributed by atoms with Gasteiger partial charge in [-0.05, 0) is 18.9 Å². The first-order valence-corrected chi connectivity index (χ1v) is 4.74. The van der Waals surface area contributed by atoms with Crippen LogP contribution in [0.2, 0.25) is 0 Å². The lowest BCUT2D eigenvalue weighted by Crippen LogP contribution is -2.34. The fourth-order valence-corrected chi connectivity index (χ4v) is 1.16. The molecule has 0 aromatic heterocycles. The largest absolute Gasteiger partial charge is 0.386 e. The van der Waals surface area contributed by atoms with Crippen molar-refractivity contribution in [3.8, 4) is 0 Å². The number of nitrogens with one attached hydrogen (secondary N) is 1. The van der Waals surface area contributed by atoms with Gasteiger partial charge in [0, 0.05) is 6.54 Å². The van der Waals surface area contributed by atoms with Gasteiger partial charge in [0.2, 0.25) is 0 Å². The molecule has 4 heteroatoms. The van der Waals surface area contributed by atoms with Gasteiger partial charge in [-0.2, -0.15) is 0 Å². The molecule has 80 valence electrons. The molecular formula is C9H19F2NO. The van der Waals surface area contributed by atoms with Crippen LogP contribution in [0, 0.1) is 5.92 Å². The third-order valence-electron chi connectivity index (χ3n) is 1.92. The molecule has 0 aliphatic rings. The summed E-state index contributed by atoms with van der Waals surface area (Å²) in [6, 6.07) is 0. The third kappa shape index (κ3) is 6.90. The van der Waals surface area contributed by atoms with Gasteiger partial charge in [0.1, 0.15) is 6.10 Å². The maximum absolute atomic E-state index is 11.8. The molecule has 0 aliphatic carbocycles. The van der Waals surface area contributed by atoms with Crippen molar-refractivity contribution in [1.82, 2.24) is 5.32 Å². The van der Waals surface area contributed by atoms with Gasteiger partial charge in [-0.15, -0.1) is 0 Å². The second kappa shape index (κ2) is 7.21. The van der Waals surface area contributed by atoms with Gasteiger partial charge in [0.15, 0.2) is 0 Å².